The van der Waals surface area contributed by atoms with Crippen molar-refractivity contribution < 1.29 is 42.8 Å². The predicted octanol–water partition coefficient (Wildman–Crippen LogP) is 3.78. The molecule has 228 valence electrons. The topological polar surface area (TPSA) is 142 Å². The molecule has 0 radical (unpaired) electrons. The SMILES string of the molecule is COc1ccccc1C(C[N+]1=C2SC(c3ncco3)=C(C)C2C(=O)N(C(C)(C)C(=O)O)C1=O)OC1CCN(C(C)=O)CC1. The molecule has 4 heterocycles. The molecule has 3 aliphatic heterocycles. The van der Waals surface area contributed by atoms with Crippen LogP contribution in [0.2, 0.25) is 0 Å². The van der Waals surface area contributed by atoms with Gasteiger partial charge in [0.25, 0.3) is 0 Å². The Morgan fingerprint density at radius 3 is 2.53 bits per heavy atom. The van der Waals surface area contributed by atoms with Crippen LogP contribution in [-0.2, 0) is 19.1 Å². The number of carbonyl (C=O) groups excluding carboxylic acids is 3. The lowest BCUT2D eigenvalue weighted by atomic mass is 9.93. The number of nitrogens with zero attached hydrogens (tertiary/aromatic N) is 4. The molecule has 12 nitrogen and oxygen atoms in total. The number of amides is 4. The number of carboxylic acid groups (broad SMARTS) is 1. The third-order valence-corrected chi connectivity index (χ3v) is 9.55. The number of hydrogen-bond donors (Lipinski definition) is 1. The molecule has 2 aromatic rings. The highest BCUT2D eigenvalue weighted by Gasteiger charge is 2.60. The Morgan fingerprint density at radius 2 is 1.93 bits per heavy atom. The standard InChI is InChI=1S/C30H34N4O8S/c1-17-23-26(36)34(30(3,4)28(37)38)29(39)33(27(23)43-24(17)25-31-12-15-41-25)16-22(20-8-6-7-9-21(20)40-5)42-19-10-13-32(14-11-19)18(2)35/h6-9,12,15,19,22-23H,10-11,13-14,16H2,1-5H3/p+1. The number of oxazole rings is 1. The number of imide groups is 1. The largest absolute Gasteiger partial charge is 0.502 e. The number of carbonyl (C=O) groups is 4. The van der Waals surface area contributed by atoms with Crippen LogP contribution in [0.4, 0.5) is 4.79 Å². The second-order valence-electron chi connectivity index (χ2n) is 11.2. The van der Waals surface area contributed by atoms with Gasteiger partial charge in [-0.25, -0.2) is 14.6 Å². The van der Waals surface area contributed by atoms with Crippen LogP contribution in [0.5, 0.6) is 5.75 Å². The quantitative estimate of drug-likeness (QED) is 0.416. The molecular weight excluding hydrogens is 576 g/mol. The van der Waals surface area contributed by atoms with Crippen LogP contribution in [-0.4, -0.2) is 91.7 Å². The highest BCUT2D eigenvalue weighted by Crippen LogP contribution is 2.47. The molecule has 1 aromatic heterocycles. The molecule has 1 N–H and O–H groups in total. The van der Waals surface area contributed by atoms with Gasteiger partial charge in [-0.1, -0.05) is 18.2 Å². The number of hydrogen-bond acceptors (Lipinski definition) is 9. The number of carboxylic acids is 1. The van der Waals surface area contributed by atoms with E-state index in [1.807, 2.05) is 18.2 Å². The molecule has 2 unspecified atom stereocenters. The van der Waals surface area contributed by atoms with Gasteiger partial charge in [0.2, 0.25) is 17.3 Å². The fourth-order valence-corrected chi connectivity index (χ4v) is 7.01. The lowest BCUT2D eigenvalue weighted by Crippen LogP contribution is -2.63. The van der Waals surface area contributed by atoms with Gasteiger partial charge in [-0.3, -0.25) is 4.79 Å². The zero-order valence-corrected chi connectivity index (χ0v) is 25.6. The molecule has 13 heteroatoms. The number of benzene rings is 1. The number of urea groups is 1. The average molecular weight is 612 g/mol. The van der Waals surface area contributed by atoms with E-state index in [4.69, 9.17) is 13.9 Å². The van der Waals surface area contributed by atoms with Crippen molar-refractivity contribution in [2.75, 3.05) is 26.7 Å². The third-order valence-electron chi connectivity index (χ3n) is 8.19. The van der Waals surface area contributed by atoms with Gasteiger partial charge >= 0.3 is 17.9 Å². The second kappa shape index (κ2) is 12.0. The van der Waals surface area contributed by atoms with E-state index in [1.165, 1.54) is 42.6 Å². The Kier molecular flexibility index (Phi) is 8.48. The first-order valence-corrected chi connectivity index (χ1v) is 14.9. The highest BCUT2D eigenvalue weighted by atomic mass is 32.2. The van der Waals surface area contributed by atoms with Crippen LogP contribution >= 0.6 is 11.8 Å². The first kappa shape index (κ1) is 30.5. The van der Waals surface area contributed by atoms with Crippen LogP contribution < -0.4 is 4.74 Å². The van der Waals surface area contributed by atoms with E-state index in [0.717, 1.165) is 4.90 Å². The number of piperidine rings is 1. The number of aliphatic carboxylic acids is 1. The van der Waals surface area contributed by atoms with Crippen molar-refractivity contribution in [2.45, 2.75) is 58.3 Å². The maximum atomic E-state index is 14.2. The Balaban J connectivity index is 1.59. The lowest BCUT2D eigenvalue weighted by molar-refractivity contribution is -0.455. The van der Waals surface area contributed by atoms with Crippen LogP contribution in [0.25, 0.3) is 4.91 Å². The summed E-state index contributed by atoms with van der Waals surface area (Å²) in [7, 11) is 1.55. The Hall–Kier alpha value is -3.97. The summed E-state index contributed by atoms with van der Waals surface area (Å²) in [6, 6.07) is 6.59. The summed E-state index contributed by atoms with van der Waals surface area (Å²) in [5.74, 6) is -1.96. The van der Waals surface area contributed by atoms with Crippen molar-refractivity contribution in [3.05, 3.63) is 53.8 Å². The Morgan fingerprint density at radius 1 is 1.23 bits per heavy atom. The number of thioether (sulfide) groups is 1. The molecule has 3 aliphatic rings. The molecule has 5 rings (SSSR count). The number of fused-ring (bicyclic) bond motifs is 1. The lowest BCUT2D eigenvalue weighted by Gasteiger charge is -2.35. The van der Waals surface area contributed by atoms with Crippen molar-refractivity contribution in [1.82, 2.24) is 14.8 Å². The molecule has 0 aliphatic carbocycles. The first-order chi connectivity index (χ1) is 20.4. The summed E-state index contributed by atoms with van der Waals surface area (Å²) in [5, 5.41) is 10.5. The summed E-state index contributed by atoms with van der Waals surface area (Å²) < 4.78 is 19.3. The summed E-state index contributed by atoms with van der Waals surface area (Å²) in [6.45, 7) is 7.06. The summed E-state index contributed by atoms with van der Waals surface area (Å²) >= 11 is 1.21. The minimum atomic E-state index is -1.82. The van der Waals surface area contributed by atoms with Gasteiger partial charge in [0.15, 0.2) is 11.0 Å². The molecule has 0 spiro atoms. The van der Waals surface area contributed by atoms with Gasteiger partial charge in [-0.15, -0.1) is 4.90 Å². The minimum absolute atomic E-state index is 0.00914. The van der Waals surface area contributed by atoms with E-state index in [-0.39, 0.29) is 18.6 Å². The molecule has 2 atom stereocenters. The van der Waals surface area contributed by atoms with Crippen molar-refractivity contribution in [3.63, 3.8) is 0 Å². The number of para-hydroxylation sites is 1. The Labute approximate surface area is 253 Å². The number of likely N-dealkylation sites (tertiary alicyclic amines) is 1. The second-order valence-corrected chi connectivity index (χ2v) is 12.3. The normalized spacial score (nSPS) is 20.5. The van der Waals surface area contributed by atoms with Crippen molar-refractivity contribution in [3.8, 4) is 5.75 Å². The van der Waals surface area contributed by atoms with Crippen LogP contribution in [0, 0.1) is 5.92 Å². The Bertz CT molecular complexity index is 1510. The van der Waals surface area contributed by atoms with Gasteiger partial charge in [-0.05, 0) is 57.0 Å². The molecule has 1 fully saturated rings. The fourth-order valence-electron chi connectivity index (χ4n) is 5.68. The van der Waals surface area contributed by atoms with E-state index >= 15 is 0 Å². The van der Waals surface area contributed by atoms with Crippen molar-refractivity contribution in [2.24, 2.45) is 5.92 Å². The maximum Gasteiger partial charge on any atom is 0.502 e. The number of ether oxygens (including phenoxy) is 2. The highest BCUT2D eigenvalue weighted by molar-refractivity contribution is 8.22. The molecule has 0 saturated carbocycles. The van der Waals surface area contributed by atoms with Crippen molar-refractivity contribution >= 4 is 45.5 Å². The first-order valence-electron chi connectivity index (χ1n) is 14.0. The molecule has 1 aromatic carbocycles. The van der Waals surface area contributed by atoms with Crippen LogP contribution in [0.15, 0.2) is 46.7 Å². The molecule has 4 amide bonds. The van der Waals surface area contributed by atoms with Gasteiger partial charge in [0.1, 0.15) is 24.7 Å². The maximum absolute atomic E-state index is 14.2. The summed E-state index contributed by atoms with van der Waals surface area (Å²) in [4.78, 5) is 59.8. The molecule has 43 heavy (non-hydrogen) atoms. The third kappa shape index (κ3) is 5.58. The summed E-state index contributed by atoms with van der Waals surface area (Å²) in [6.07, 6.45) is 3.24. The molecular formula is C30H35N4O8S+. The van der Waals surface area contributed by atoms with E-state index in [0.29, 0.717) is 58.7 Å². The van der Waals surface area contributed by atoms with Gasteiger partial charge in [0.05, 0.1) is 24.3 Å². The molecule has 0 bridgehead atoms. The van der Waals surface area contributed by atoms with Gasteiger partial charge in [-0.2, -0.15) is 9.37 Å². The zero-order valence-electron chi connectivity index (χ0n) is 24.7. The van der Waals surface area contributed by atoms with E-state index < -0.39 is 35.5 Å². The average Bonchev–Trinajstić information content (AvgIpc) is 3.63. The smallest absolute Gasteiger partial charge is 0.496 e. The number of rotatable bonds is 9. The minimum Gasteiger partial charge on any atom is -0.496 e. The van der Waals surface area contributed by atoms with Crippen molar-refractivity contribution in [1.29, 1.82) is 0 Å². The zero-order chi connectivity index (χ0) is 31.1. The van der Waals surface area contributed by atoms with E-state index in [2.05, 4.69) is 4.98 Å². The van der Waals surface area contributed by atoms with Crippen LogP contribution in [0.3, 0.4) is 0 Å². The van der Waals surface area contributed by atoms with E-state index in [9.17, 15) is 24.3 Å². The van der Waals surface area contributed by atoms with Gasteiger partial charge < -0.3 is 23.9 Å². The number of methoxy groups -OCH3 is 1. The van der Waals surface area contributed by atoms with Gasteiger partial charge in [0, 0.05) is 25.6 Å². The van der Waals surface area contributed by atoms with Crippen LogP contribution in [0.1, 0.15) is 58.1 Å². The monoisotopic (exact) mass is 611 g/mol. The number of aromatic nitrogens is 1. The summed E-state index contributed by atoms with van der Waals surface area (Å²) in [5.41, 5.74) is -0.512. The predicted molar refractivity (Wildman–Crippen MR) is 156 cm³/mol. The molecule has 1 saturated heterocycles. The van der Waals surface area contributed by atoms with E-state index in [1.54, 1.807) is 31.9 Å². The fraction of sp³-hybridized carbons (Fsp3) is 0.467.